The molecule has 2 rings (SSSR count). The third kappa shape index (κ3) is 2.58. The first kappa shape index (κ1) is 10.2. The summed E-state index contributed by atoms with van der Waals surface area (Å²) in [4.78, 5) is 4.15. The Hall–Kier alpha value is -1.31. The Kier molecular flexibility index (Phi) is 3.38. The number of unbranched alkanes of at least 4 members (excludes halogenated alkanes) is 3. The summed E-state index contributed by atoms with van der Waals surface area (Å²) in [5, 5.41) is 0. The summed E-state index contributed by atoms with van der Waals surface area (Å²) in [5.41, 5.74) is 3.18. The molecule has 0 unspecified atom stereocenters. The van der Waals surface area contributed by atoms with Crippen molar-refractivity contribution in [3.05, 3.63) is 37.1 Å². The van der Waals surface area contributed by atoms with Crippen LogP contribution in [0, 0.1) is 6.92 Å². The van der Waals surface area contributed by atoms with E-state index in [0.29, 0.717) is 0 Å². The lowest BCUT2D eigenvalue weighted by atomic mass is 10.1. The average molecular weight is 202 g/mol. The zero-order chi connectivity index (χ0) is 10.5. The molecule has 0 fully saturated rings. The molecule has 1 aromatic carbocycles. The van der Waals surface area contributed by atoms with E-state index in [1.165, 1.54) is 31.2 Å². The van der Waals surface area contributed by atoms with Crippen LogP contribution in [0.4, 0.5) is 0 Å². The number of rotatable bonds is 5. The van der Waals surface area contributed by atoms with Crippen molar-refractivity contribution >= 4 is 11.1 Å². The molecule has 1 radical (unpaired) electrons. The number of aryl methyl sites for hydroxylation is 1. The molecule has 0 aliphatic carbocycles. The molecule has 0 aliphatic heterocycles. The van der Waals surface area contributed by atoms with Gasteiger partial charge in [0.25, 0.3) is 0 Å². The number of oxazole rings is 1. The summed E-state index contributed by atoms with van der Waals surface area (Å²) < 4.78 is 5.20. The Morgan fingerprint density at radius 2 is 2.13 bits per heavy atom. The fraction of sp³-hybridized carbons (Fsp3) is 0.385. The summed E-state index contributed by atoms with van der Waals surface area (Å²) in [6.07, 6.45) is 7.40. The summed E-state index contributed by atoms with van der Waals surface area (Å²) in [7, 11) is 0. The molecule has 0 saturated heterocycles. The van der Waals surface area contributed by atoms with E-state index in [2.05, 4.69) is 24.0 Å². The predicted octanol–water partition coefficient (Wildman–Crippen LogP) is 3.76. The van der Waals surface area contributed by atoms with Gasteiger partial charge in [-0.3, -0.25) is 0 Å². The minimum absolute atomic E-state index is 0.872. The molecule has 0 amide bonds. The van der Waals surface area contributed by atoms with Crippen LogP contribution in [0.25, 0.3) is 11.1 Å². The van der Waals surface area contributed by atoms with E-state index in [1.54, 1.807) is 0 Å². The van der Waals surface area contributed by atoms with Crippen molar-refractivity contribution in [1.29, 1.82) is 0 Å². The molecule has 1 heterocycles. The van der Waals surface area contributed by atoms with Gasteiger partial charge in [0.2, 0.25) is 0 Å². The Labute approximate surface area is 90.3 Å². The van der Waals surface area contributed by atoms with Crippen molar-refractivity contribution in [3.8, 4) is 0 Å². The van der Waals surface area contributed by atoms with E-state index in [-0.39, 0.29) is 0 Å². The van der Waals surface area contributed by atoms with E-state index >= 15 is 0 Å². The summed E-state index contributed by atoms with van der Waals surface area (Å²) in [5.74, 6) is 0. The van der Waals surface area contributed by atoms with Gasteiger partial charge in [0.15, 0.2) is 12.0 Å². The van der Waals surface area contributed by atoms with Crippen LogP contribution in [0.5, 0.6) is 0 Å². The topological polar surface area (TPSA) is 26.0 Å². The standard InChI is InChI=1S/C13H16NO/c1-2-3-4-5-6-11-7-8-13-12(9-11)14-10-15-13/h7-10H,1-6H2. The van der Waals surface area contributed by atoms with E-state index < -0.39 is 0 Å². The van der Waals surface area contributed by atoms with E-state index in [4.69, 9.17) is 4.42 Å². The third-order valence-corrected chi connectivity index (χ3v) is 2.61. The molecule has 0 bridgehead atoms. The van der Waals surface area contributed by atoms with Crippen LogP contribution in [-0.2, 0) is 6.42 Å². The SMILES string of the molecule is [CH2]CCCCCc1ccc2ocnc2c1. The zero-order valence-corrected chi connectivity index (χ0v) is 8.91. The highest BCUT2D eigenvalue weighted by Crippen LogP contribution is 2.16. The average Bonchev–Trinajstić information content (AvgIpc) is 2.71. The van der Waals surface area contributed by atoms with Crippen LogP contribution in [0.2, 0.25) is 0 Å². The fourth-order valence-electron chi connectivity index (χ4n) is 1.74. The number of benzene rings is 1. The highest BCUT2D eigenvalue weighted by molar-refractivity contribution is 5.72. The van der Waals surface area contributed by atoms with E-state index in [9.17, 15) is 0 Å². The maximum atomic E-state index is 5.20. The first-order chi connectivity index (χ1) is 7.40. The van der Waals surface area contributed by atoms with Crippen LogP contribution < -0.4 is 0 Å². The molecule has 15 heavy (non-hydrogen) atoms. The predicted molar refractivity (Wildman–Crippen MR) is 61.5 cm³/mol. The van der Waals surface area contributed by atoms with E-state index in [1.807, 2.05) is 6.07 Å². The van der Waals surface area contributed by atoms with Gasteiger partial charge in [0.05, 0.1) is 0 Å². The molecule has 2 nitrogen and oxygen atoms in total. The van der Waals surface area contributed by atoms with Crippen molar-refractivity contribution in [3.63, 3.8) is 0 Å². The highest BCUT2D eigenvalue weighted by Gasteiger charge is 1.99. The quantitative estimate of drug-likeness (QED) is 0.690. The lowest BCUT2D eigenvalue weighted by molar-refractivity contribution is 0.602. The Balaban J connectivity index is 1.96. The van der Waals surface area contributed by atoms with Crippen LogP contribution in [0.1, 0.15) is 31.2 Å². The van der Waals surface area contributed by atoms with Crippen LogP contribution in [-0.4, -0.2) is 4.98 Å². The minimum atomic E-state index is 0.872. The van der Waals surface area contributed by atoms with Gasteiger partial charge in [-0.15, -0.1) is 0 Å². The lowest BCUT2D eigenvalue weighted by Crippen LogP contribution is -1.85. The van der Waals surface area contributed by atoms with Gasteiger partial charge in [-0.25, -0.2) is 4.98 Å². The van der Waals surface area contributed by atoms with Gasteiger partial charge >= 0.3 is 0 Å². The third-order valence-electron chi connectivity index (χ3n) is 2.61. The summed E-state index contributed by atoms with van der Waals surface area (Å²) in [6, 6.07) is 6.24. The smallest absolute Gasteiger partial charge is 0.181 e. The van der Waals surface area contributed by atoms with Crippen molar-refractivity contribution < 1.29 is 4.42 Å². The molecule has 1 aromatic heterocycles. The molecule has 0 atom stereocenters. The maximum Gasteiger partial charge on any atom is 0.181 e. The molecular formula is C13H16NO. The molecule has 2 heteroatoms. The number of hydrogen-bond donors (Lipinski definition) is 0. The molecular weight excluding hydrogens is 186 g/mol. The van der Waals surface area contributed by atoms with Gasteiger partial charge in [0.1, 0.15) is 5.52 Å². The number of nitrogens with zero attached hydrogens (tertiary/aromatic N) is 1. The van der Waals surface area contributed by atoms with Gasteiger partial charge in [-0.2, -0.15) is 0 Å². The minimum Gasteiger partial charge on any atom is -0.443 e. The summed E-state index contributed by atoms with van der Waals surface area (Å²) >= 11 is 0. The molecule has 79 valence electrons. The molecule has 0 spiro atoms. The number of hydrogen-bond acceptors (Lipinski definition) is 2. The van der Waals surface area contributed by atoms with Crippen molar-refractivity contribution in [1.82, 2.24) is 4.98 Å². The fourth-order valence-corrected chi connectivity index (χ4v) is 1.74. The van der Waals surface area contributed by atoms with Gasteiger partial charge in [0, 0.05) is 0 Å². The summed E-state index contributed by atoms with van der Waals surface area (Å²) in [6.45, 7) is 3.84. The highest BCUT2D eigenvalue weighted by atomic mass is 16.3. The van der Waals surface area contributed by atoms with E-state index in [0.717, 1.165) is 23.9 Å². The van der Waals surface area contributed by atoms with Crippen LogP contribution in [0.3, 0.4) is 0 Å². The van der Waals surface area contributed by atoms with Crippen molar-refractivity contribution in [2.24, 2.45) is 0 Å². The van der Waals surface area contributed by atoms with Crippen LogP contribution in [0.15, 0.2) is 29.0 Å². The first-order valence-electron chi connectivity index (χ1n) is 5.51. The van der Waals surface area contributed by atoms with Crippen molar-refractivity contribution in [2.75, 3.05) is 0 Å². The van der Waals surface area contributed by atoms with Gasteiger partial charge in [-0.1, -0.05) is 32.3 Å². The molecule has 0 N–H and O–H groups in total. The second kappa shape index (κ2) is 4.96. The Morgan fingerprint density at radius 1 is 1.20 bits per heavy atom. The van der Waals surface area contributed by atoms with Gasteiger partial charge < -0.3 is 4.42 Å². The Bertz CT molecular complexity index is 419. The largest absolute Gasteiger partial charge is 0.443 e. The zero-order valence-electron chi connectivity index (χ0n) is 8.91. The normalized spacial score (nSPS) is 11.0. The number of aromatic nitrogens is 1. The lowest BCUT2D eigenvalue weighted by Gasteiger charge is -2.00. The second-order valence-electron chi connectivity index (χ2n) is 3.82. The Morgan fingerprint density at radius 3 is 3.00 bits per heavy atom. The first-order valence-corrected chi connectivity index (χ1v) is 5.51. The maximum absolute atomic E-state index is 5.20. The second-order valence-corrected chi connectivity index (χ2v) is 3.82. The molecule has 2 aromatic rings. The van der Waals surface area contributed by atoms with Crippen LogP contribution >= 0.6 is 0 Å². The molecule has 0 aliphatic rings. The molecule has 0 saturated carbocycles. The van der Waals surface area contributed by atoms with Crippen molar-refractivity contribution in [2.45, 2.75) is 32.1 Å². The monoisotopic (exact) mass is 202 g/mol. The number of fused-ring (bicyclic) bond motifs is 1. The van der Waals surface area contributed by atoms with Gasteiger partial charge in [-0.05, 0) is 30.5 Å².